The number of nitrogens with one attached hydrogen (secondary N) is 1. The summed E-state index contributed by atoms with van der Waals surface area (Å²) in [6.07, 6.45) is -3.37. The standard InChI is InChI=1S/C21H29N3O9/c25-15-16(26)18(19(28)29)33-20(17(15)27)32-12-3-4-13(14(11-12)24(30)31)22-8-7-21-5-1-9-23(21)10-2-6-21/h3-4,11,15-18,20,22,25-27H,1-2,5-10H2,(H,28,29)/t15-,16-,17+,18-,20+/m0/s1. The number of fused-ring (bicyclic) bond motifs is 1. The number of nitrogens with zero attached hydrogens (tertiary/aromatic N) is 2. The van der Waals surface area contributed by atoms with Gasteiger partial charge in [0.15, 0.2) is 6.10 Å². The second kappa shape index (κ2) is 9.39. The molecule has 1 aromatic carbocycles. The van der Waals surface area contributed by atoms with Crippen molar-refractivity contribution in [3.05, 3.63) is 28.3 Å². The summed E-state index contributed by atoms with van der Waals surface area (Å²) < 4.78 is 10.5. The Morgan fingerprint density at radius 3 is 2.55 bits per heavy atom. The molecule has 0 bridgehead atoms. The van der Waals surface area contributed by atoms with Gasteiger partial charge in [-0.2, -0.15) is 0 Å². The van der Waals surface area contributed by atoms with Gasteiger partial charge in [-0.1, -0.05) is 0 Å². The van der Waals surface area contributed by atoms with Gasteiger partial charge in [-0.25, -0.2) is 4.79 Å². The van der Waals surface area contributed by atoms with Crippen LogP contribution in [0, 0.1) is 10.1 Å². The average molecular weight is 467 g/mol. The van der Waals surface area contributed by atoms with Gasteiger partial charge in [-0.05, 0) is 57.3 Å². The first kappa shape index (κ1) is 23.6. The van der Waals surface area contributed by atoms with Crippen LogP contribution in [0.2, 0.25) is 0 Å². The van der Waals surface area contributed by atoms with E-state index in [0.717, 1.165) is 38.4 Å². The number of nitro groups is 1. The Bertz CT molecular complexity index is 888. The second-order valence-corrected chi connectivity index (χ2v) is 8.88. The van der Waals surface area contributed by atoms with Crippen molar-refractivity contribution >= 4 is 17.3 Å². The zero-order chi connectivity index (χ0) is 23.8. The first-order valence-electron chi connectivity index (χ1n) is 11.1. The molecule has 0 amide bonds. The summed E-state index contributed by atoms with van der Waals surface area (Å²) in [7, 11) is 0. The lowest BCUT2D eigenvalue weighted by atomic mass is 9.90. The number of aliphatic hydroxyl groups excluding tert-OH is 3. The van der Waals surface area contributed by atoms with Crippen molar-refractivity contribution in [3.63, 3.8) is 0 Å². The molecule has 0 unspecified atom stereocenters. The molecule has 3 fully saturated rings. The van der Waals surface area contributed by atoms with Crippen molar-refractivity contribution in [2.45, 2.75) is 68.3 Å². The van der Waals surface area contributed by atoms with E-state index in [2.05, 4.69) is 10.2 Å². The Morgan fingerprint density at radius 1 is 1.21 bits per heavy atom. The number of carbonyl (C=O) groups is 1. The minimum Gasteiger partial charge on any atom is -0.479 e. The summed E-state index contributed by atoms with van der Waals surface area (Å²) >= 11 is 0. The van der Waals surface area contributed by atoms with Crippen LogP contribution in [0.1, 0.15) is 32.1 Å². The zero-order valence-electron chi connectivity index (χ0n) is 18.0. The molecule has 0 saturated carbocycles. The Balaban J connectivity index is 1.43. The lowest BCUT2D eigenvalue weighted by molar-refractivity contribution is -0.384. The SMILES string of the molecule is O=C(O)[C@H]1O[C@@H](Oc2ccc(NCCC34CCCN3CCC4)c([N+](=O)[O-])c2)[C@H](O)[C@@H](O)[C@@H]1O. The highest BCUT2D eigenvalue weighted by Crippen LogP contribution is 2.41. The fourth-order valence-electron chi connectivity index (χ4n) is 5.23. The molecule has 0 radical (unpaired) electrons. The van der Waals surface area contributed by atoms with Crippen LogP contribution in [-0.4, -0.2) is 92.1 Å². The molecule has 3 saturated heterocycles. The van der Waals surface area contributed by atoms with Crippen LogP contribution in [0.5, 0.6) is 5.75 Å². The minimum atomic E-state index is -1.85. The molecule has 12 heteroatoms. The van der Waals surface area contributed by atoms with Crippen LogP contribution in [0.15, 0.2) is 18.2 Å². The van der Waals surface area contributed by atoms with E-state index in [9.17, 15) is 30.2 Å². The maximum atomic E-state index is 11.6. The fourth-order valence-corrected chi connectivity index (χ4v) is 5.23. The van der Waals surface area contributed by atoms with Crippen molar-refractivity contribution in [1.29, 1.82) is 0 Å². The van der Waals surface area contributed by atoms with Crippen LogP contribution in [0.3, 0.4) is 0 Å². The number of hydrogen-bond acceptors (Lipinski definition) is 10. The normalized spacial score (nSPS) is 31.2. The number of aliphatic carboxylic acids is 1. The Morgan fingerprint density at radius 2 is 1.91 bits per heavy atom. The smallest absolute Gasteiger partial charge is 0.335 e. The van der Waals surface area contributed by atoms with Gasteiger partial charge in [0.2, 0.25) is 6.29 Å². The topological polar surface area (TPSA) is 175 Å². The largest absolute Gasteiger partial charge is 0.479 e. The molecule has 12 nitrogen and oxygen atoms in total. The van der Waals surface area contributed by atoms with E-state index in [0.29, 0.717) is 12.2 Å². The number of hydrogen-bond donors (Lipinski definition) is 5. The third-order valence-corrected chi connectivity index (χ3v) is 6.95. The van der Waals surface area contributed by atoms with E-state index in [1.807, 2.05) is 0 Å². The number of rotatable bonds is 8. The van der Waals surface area contributed by atoms with E-state index in [-0.39, 0.29) is 17.0 Å². The zero-order valence-corrected chi connectivity index (χ0v) is 18.0. The van der Waals surface area contributed by atoms with Crippen molar-refractivity contribution in [3.8, 4) is 5.75 Å². The first-order valence-corrected chi connectivity index (χ1v) is 11.1. The number of nitro benzene ring substituents is 1. The first-order chi connectivity index (χ1) is 15.7. The Labute approximate surface area is 189 Å². The molecule has 0 spiro atoms. The number of aliphatic hydroxyl groups is 3. The predicted molar refractivity (Wildman–Crippen MR) is 114 cm³/mol. The molecule has 5 N–H and O–H groups in total. The number of carboxylic acid groups (broad SMARTS) is 1. The maximum Gasteiger partial charge on any atom is 0.335 e. The monoisotopic (exact) mass is 467 g/mol. The maximum absolute atomic E-state index is 11.6. The molecule has 0 aliphatic carbocycles. The third-order valence-electron chi connectivity index (χ3n) is 6.95. The number of anilines is 1. The van der Waals surface area contributed by atoms with Crippen LogP contribution >= 0.6 is 0 Å². The quantitative estimate of drug-likeness (QED) is 0.262. The molecule has 3 aliphatic rings. The van der Waals surface area contributed by atoms with Gasteiger partial charge < -0.3 is 35.2 Å². The molecule has 1 aromatic rings. The fraction of sp³-hybridized carbons (Fsp3) is 0.667. The summed E-state index contributed by atoms with van der Waals surface area (Å²) in [5.74, 6) is -1.60. The number of benzene rings is 1. The second-order valence-electron chi connectivity index (χ2n) is 8.88. The van der Waals surface area contributed by atoms with Crippen LogP contribution in [-0.2, 0) is 9.53 Å². The molecular weight excluding hydrogens is 438 g/mol. The summed E-state index contributed by atoms with van der Waals surface area (Å²) in [5.41, 5.74) is 0.251. The van der Waals surface area contributed by atoms with Crippen LogP contribution in [0.25, 0.3) is 0 Å². The highest BCUT2D eigenvalue weighted by Gasteiger charge is 2.48. The van der Waals surface area contributed by atoms with Crippen LogP contribution in [0.4, 0.5) is 11.4 Å². The van der Waals surface area contributed by atoms with Crippen molar-refractivity contribution in [2.75, 3.05) is 25.0 Å². The van der Waals surface area contributed by atoms with E-state index in [1.165, 1.54) is 25.0 Å². The van der Waals surface area contributed by atoms with E-state index < -0.39 is 41.6 Å². The summed E-state index contributed by atoms with van der Waals surface area (Å²) in [6, 6.07) is 4.04. The van der Waals surface area contributed by atoms with Gasteiger partial charge in [0.1, 0.15) is 29.7 Å². The molecule has 0 aromatic heterocycles. The number of ether oxygens (including phenoxy) is 2. The summed E-state index contributed by atoms with van der Waals surface area (Å²) in [6.45, 7) is 2.79. The van der Waals surface area contributed by atoms with Crippen LogP contribution < -0.4 is 10.1 Å². The molecular formula is C21H29N3O9. The van der Waals surface area contributed by atoms with E-state index in [4.69, 9.17) is 14.6 Å². The third kappa shape index (κ3) is 4.62. The van der Waals surface area contributed by atoms with Gasteiger partial charge in [0, 0.05) is 12.1 Å². The van der Waals surface area contributed by atoms with Crippen molar-refractivity contribution in [1.82, 2.24) is 4.90 Å². The molecule has 33 heavy (non-hydrogen) atoms. The highest BCUT2D eigenvalue weighted by atomic mass is 16.7. The summed E-state index contributed by atoms with van der Waals surface area (Å²) in [5, 5.41) is 53.7. The van der Waals surface area contributed by atoms with Gasteiger partial charge in [0.05, 0.1) is 11.0 Å². The van der Waals surface area contributed by atoms with Gasteiger partial charge in [0.25, 0.3) is 5.69 Å². The molecule has 3 aliphatic heterocycles. The van der Waals surface area contributed by atoms with Gasteiger partial charge >= 0.3 is 5.97 Å². The molecule has 3 heterocycles. The Hall–Kier alpha value is -2.51. The lowest BCUT2D eigenvalue weighted by Gasteiger charge is -2.38. The highest BCUT2D eigenvalue weighted by molar-refractivity contribution is 5.73. The average Bonchev–Trinajstić information content (AvgIpc) is 3.34. The van der Waals surface area contributed by atoms with Crippen molar-refractivity contribution in [2.24, 2.45) is 0 Å². The molecule has 5 atom stereocenters. The number of carboxylic acids is 1. The van der Waals surface area contributed by atoms with E-state index in [1.54, 1.807) is 0 Å². The lowest BCUT2D eigenvalue weighted by Crippen LogP contribution is -2.61. The van der Waals surface area contributed by atoms with Gasteiger partial charge in [-0.3, -0.25) is 15.0 Å². The molecule has 4 rings (SSSR count). The van der Waals surface area contributed by atoms with Crippen molar-refractivity contribution < 1.29 is 39.6 Å². The molecule has 182 valence electrons. The van der Waals surface area contributed by atoms with E-state index >= 15 is 0 Å². The summed E-state index contributed by atoms with van der Waals surface area (Å²) in [4.78, 5) is 24.8. The predicted octanol–water partition coefficient (Wildman–Crippen LogP) is 0.296. The van der Waals surface area contributed by atoms with Gasteiger partial charge in [-0.15, -0.1) is 0 Å². The minimum absolute atomic E-state index is 0.0552. The Kier molecular flexibility index (Phi) is 6.73.